The molecule has 9 nitrogen and oxygen atoms in total. The van der Waals surface area contributed by atoms with Crippen LogP contribution in [0.15, 0.2) is 42.5 Å². The van der Waals surface area contributed by atoms with E-state index in [1.165, 1.54) is 6.07 Å². The molecule has 159 valence electrons. The van der Waals surface area contributed by atoms with E-state index < -0.39 is 12.0 Å². The highest BCUT2D eigenvalue weighted by Crippen LogP contribution is 2.29. The van der Waals surface area contributed by atoms with Crippen molar-refractivity contribution >= 4 is 53.5 Å². The Morgan fingerprint density at radius 2 is 1.71 bits per heavy atom. The molecule has 0 saturated carbocycles. The van der Waals surface area contributed by atoms with Crippen molar-refractivity contribution in [3.05, 3.63) is 64.1 Å². The number of aromatic nitrogens is 3. The molecule has 4 rings (SSSR count). The van der Waals surface area contributed by atoms with E-state index in [0.29, 0.717) is 32.3 Å². The summed E-state index contributed by atoms with van der Waals surface area (Å²) < 4.78 is 2.44. The molecule has 1 aliphatic heterocycles. The summed E-state index contributed by atoms with van der Waals surface area (Å²) in [4.78, 5) is 26.1. The van der Waals surface area contributed by atoms with Crippen LogP contribution in [0.2, 0.25) is 0 Å². The number of amides is 2. The largest absolute Gasteiger partial charge is 0.478 e. The minimum absolute atomic E-state index is 0.133. The minimum Gasteiger partial charge on any atom is -0.478 e. The summed E-state index contributed by atoms with van der Waals surface area (Å²) in [6.07, 6.45) is 1.90. The number of urea groups is 1. The molecule has 0 bridgehead atoms. The number of anilines is 3. The quantitative estimate of drug-likeness (QED) is 0.356. The van der Waals surface area contributed by atoms with Crippen LogP contribution in [0.25, 0.3) is 5.69 Å². The molecule has 2 heterocycles. The molecule has 11 heteroatoms. The molecule has 31 heavy (non-hydrogen) atoms. The number of H-pyrrole nitrogens is 2. The van der Waals surface area contributed by atoms with Crippen LogP contribution in [0, 0.1) is 16.1 Å². The SMILES string of the molecule is O=C(Nc1cccc(-n2c(=S)[nH][nH]c2=S)c1)Nc1ccc(N2[CH]CCC2)c(C(=O)O)c1. The molecule has 1 radical (unpaired) electrons. The normalized spacial score (nSPS) is 13.2. The smallest absolute Gasteiger partial charge is 0.337 e. The lowest BCUT2D eigenvalue weighted by molar-refractivity contribution is 0.0697. The van der Waals surface area contributed by atoms with Crippen molar-refractivity contribution < 1.29 is 14.7 Å². The van der Waals surface area contributed by atoms with Crippen LogP contribution in [-0.4, -0.2) is 38.4 Å². The van der Waals surface area contributed by atoms with Gasteiger partial charge in [-0.25, -0.2) is 9.59 Å². The number of hydrogen-bond acceptors (Lipinski definition) is 5. The molecule has 2 amide bonds. The second-order valence-corrected chi connectivity index (χ2v) is 7.65. The highest BCUT2D eigenvalue weighted by Gasteiger charge is 2.20. The van der Waals surface area contributed by atoms with Gasteiger partial charge in [-0.2, -0.15) is 0 Å². The van der Waals surface area contributed by atoms with E-state index >= 15 is 0 Å². The Morgan fingerprint density at radius 3 is 2.35 bits per heavy atom. The van der Waals surface area contributed by atoms with Gasteiger partial charge in [0.25, 0.3) is 0 Å². The Kier molecular flexibility index (Phi) is 5.87. The number of carbonyl (C=O) groups excluding carboxylic acids is 1. The zero-order valence-electron chi connectivity index (χ0n) is 16.2. The number of hydrogen-bond donors (Lipinski definition) is 5. The molecule has 0 atom stereocenters. The average Bonchev–Trinajstić information content (AvgIpc) is 3.38. The summed E-state index contributed by atoms with van der Waals surface area (Å²) in [5.74, 6) is -1.05. The monoisotopic (exact) mass is 455 g/mol. The zero-order chi connectivity index (χ0) is 22.0. The summed E-state index contributed by atoms with van der Waals surface area (Å²) in [6, 6.07) is 11.4. The molecule has 5 N–H and O–H groups in total. The van der Waals surface area contributed by atoms with Crippen molar-refractivity contribution in [2.45, 2.75) is 12.8 Å². The summed E-state index contributed by atoms with van der Waals surface area (Å²) in [6.45, 7) is 2.76. The van der Waals surface area contributed by atoms with E-state index in [1.54, 1.807) is 34.9 Å². The molecule has 1 aliphatic rings. The van der Waals surface area contributed by atoms with Crippen LogP contribution in [0.3, 0.4) is 0 Å². The van der Waals surface area contributed by atoms with Crippen LogP contribution < -0.4 is 15.5 Å². The first kappa shape index (κ1) is 20.8. The number of nitrogens with one attached hydrogen (secondary N) is 4. The van der Waals surface area contributed by atoms with Gasteiger partial charge >= 0.3 is 12.0 Å². The lowest BCUT2D eigenvalue weighted by Gasteiger charge is -2.20. The highest BCUT2D eigenvalue weighted by molar-refractivity contribution is 7.72. The van der Waals surface area contributed by atoms with Crippen molar-refractivity contribution in [1.29, 1.82) is 0 Å². The van der Waals surface area contributed by atoms with E-state index in [1.807, 2.05) is 17.5 Å². The van der Waals surface area contributed by atoms with Crippen molar-refractivity contribution in [2.75, 3.05) is 22.1 Å². The van der Waals surface area contributed by atoms with Gasteiger partial charge in [0.1, 0.15) is 0 Å². The lowest BCUT2D eigenvalue weighted by atomic mass is 10.1. The van der Waals surface area contributed by atoms with Crippen molar-refractivity contribution in [3.63, 3.8) is 0 Å². The Morgan fingerprint density at radius 1 is 1.00 bits per heavy atom. The van der Waals surface area contributed by atoms with Crippen LogP contribution in [0.5, 0.6) is 0 Å². The van der Waals surface area contributed by atoms with Crippen LogP contribution in [0.1, 0.15) is 23.2 Å². The molecule has 2 aromatic carbocycles. The van der Waals surface area contributed by atoms with Crippen LogP contribution in [0.4, 0.5) is 21.9 Å². The summed E-state index contributed by atoms with van der Waals surface area (Å²) >= 11 is 10.4. The fraction of sp³-hybridized carbons (Fsp3) is 0.150. The topological polar surface area (TPSA) is 118 Å². The first-order valence-electron chi connectivity index (χ1n) is 9.48. The standard InChI is InChI=1S/C20H19N6O3S2/c27-17(28)15-11-13(6-7-16(15)25-8-1-2-9-25)22-18(29)21-12-4-3-5-14(10-12)26-19(30)23-24-20(26)31/h3-8,10-11H,1-2,9H2,(H,23,30)(H,24,31)(H,27,28)(H2,21,22,29). The Hall–Kier alpha value is -3.44. The van der Waals surface area contributed by atoms with Crippen LogP contribution in [-0.2, 0) is 0 Å². The number of carboxylic acid groups (broad SMARTS) is 1. The maximum Gasteiger partial charge on any atom is 0.337 e. The molecule has 0 unspecified atom stereocenters. The van der Waals surface area contributed by atoms with Crippen LogP contribution >= 0.6 is 24.4 Å². The first-order valence-corrected chi connectivity index (χ1v) is 10.3. The maximum absolute atomic E-state index is 12.5. The molecule has 1 aromatic heterocycles. The predicted molar refractivity (Wildman–Crippen MR) is 123 cm³/mol. The number of aromatic carboxylic acids is 1. The first-order chi connectivity index (χ1) is 14.9. The van der Waals surface area contributed by atoms with E-state index in [-0.39, 0.29) is 5.56 Å². The number of nitrogens with zero attached hydrogens (tertiary/aromatic N) is 2. The number of aromatic amines is 2. The molecule has 0 spiro atoms. The van der Waals surface area contributed by atoms with Crippen molar-refractivity contribution in [2.24, 2.45) is 0 Å². The van der Waals surface area contributed by atoms with E-state index in [0.717, 1.165) is 19.4 Å². The van der Waals surface area contributed by atoms with Gasteiger partial charge in [0.15, 0.2) is 9.54 Å². The van der Waals surface area contributed by atoms with Gasteiger partial charge in [0.05, 0.1) is 16.9 Å². The fourth-order valence-electron chi connectivity index (χ4n) is 3.42. The molecular formula is C20H19N6O3S2. The number of benzene rings is 2. The molecule has 1 saturated heterocycles. The Balaban J connectivity index is 1.51. The van der Waals surface area contributed by atoms with Gasteiger partial charge in [-0.1, -0.05) is 6.07 Å². The van der Waals surface area contributed by atoms with E-state index in [4.69, 9.17) is 24.4 Å². The predicted octanol–water partition coefficient (Wildman–Crippen LogP) is 4.70. The van der Waals surface area contributed by atoms with E-state index in [2.05, 4.69) is 20.8 Å². The van der Waals surface area contributed by atoms with Gasteiger partial charge < -0.3 is 20.6 Å². The lowest BCUT2D eigenvalue weighted by Crippen LogP contribution is -2.21. The molecular weight excluding hydrogens is 436 g/mol. The second-order valence-electron chi connectivity index (χ2n) is 6.88. The van der Waals surface area contributed by atoms with Gasteiger partial charge in [-0.15, -0.1) is 0 Å². The Bertz CT molecular complexity index is 1230. The number of rotatable bonds is 5. The number of carbonyl (C=O) groups is 2. The highest BCUT2D eigenvalue weighted by atomic mass is 32.1. The minimum atomic E-state index is -1.05. The molecule has 3 aromatic rings. The third-order valence-corrected chi connectivity index (χ3v) is 5.36. The van der Waals surface area contributed by atoms with Gasteiger partial charge in [-0.05, 0) is 73.7 Å². The maximum atomic E-state index is 12.5. The van der Waals surface area contributed by atoms with E-state index in [9.17, 15) is 14.7 Å². The van der Waals surface area contributed by atoms with Gasteiger partial charge in [-0.3, -0.25) is 14.8 Å². The molecule has 0 aliphatic carbocycles. The van der Waals surface area contributed by atoms with Crippen molar-refractivity contribution in [3.8, 4) is 5.69 Å². The fourth-order valence-corrected chi connectivity index (χ4v) is 3.97. The average molecular weight is 456 g/mol. The third-order valence-electron chi connectivity index (χ3n) is 4.79. The second kappa shape index (κ2) is 8.74. The summed E-state index contributed by atoms with van der Waals surface area (Å²) in [7, 11) is 0. The van der Waals surface area contributed by atoms with Gasteiger partial charge in [0, 0.05) is 24.5 Å². The Labute approximate surface area is 187 Å². The zero-order valence-corrected chi connectivity index (χ0v) is 17.8. The number of carboxylic acids is 1. The molecule has 1 fully saturated rings. The van der Waals surface area contributed by atoms with Crippen molar-refractivity contribution in [1.82, 2.24) is 14.8 Å². The summed E-state index contributed by atoms with van der Waals surface area (Å²) in [5.41, 5.74) is 2.33. The summed E-state index contributed by atoms with van der Waals surface area (Å²) in [5, 5.41) is 20.5. The third kappa shape index (κ3) is 4.52. The van der Waals surface area contributed by atoms with Gasteiger partial charge in [0.2, 0.25) is 0 Å².